The highest BCUT2D eigenvalue weighted by molar-refractivity contribution is 8.18. The van der Waals surface area contributed by atoms with Crippen LogP contribution in [0.2, 0.25) is 10.0 Å². The molecule has 0 unspecified atom stereocenters. The first-order chi connectivity index (χ1) is 23.5. The summed E-state index contributed by atoms with van der Waals surface area (Å²) in [5, 5.41) is 3.26. The number of morpholine rings is 1. The third kappa shape index (κ3) is 8.19. The predicted octanol–water partition coefficient (Wildman–Crippen LogP) is 7.61. The molecule has 0 spiro atoms. The van der Waals surface area contributed by atoms with Crippen molar-refractivity contribution in [2.24, 2.45) is 0 Å². The van der Waals surface area contributed by atoms with Gasteiger partial charge in [-0.25, -0.2) is 4.98 Å². The number of carbonyl (C=O) groups is 1. The highest BCUT2D eigenvalue weighted by Crippen LogP contribution is 2.39. The second-order valence-electron chi connectivity index (χ2n) is 14.1. The average molecular weight is 750 g/mol. The number of halogens is 5. The van der Waals surface area contributed by atoms with E-state index in [0.29, 0.717) is 70.0 Å². The van der Waals surface area contributed by atoms with Gasteiger partial charge in [0.25, 0.3) is 5.91 Å². The minimum Gasteiger partial charge on any atom is -0.379 e. The number of hydrogen-bond acceptors (Lipinski definition) is 6. The van der Waals surface area contributed by atoms with Gasteiger partial charge in [0.2, 0.25) is 0 Å². The van der Waals surface area contributed by atoms with Gasteiger partial charge in [0.1, 0.15) is 0 Å². The van der Waals surface area contributed by atoms with Gasteiger partial charge in [0.05, 0.1) is 40.0 Å². The Hall–Kier alpha value is -3.06. The molecule has 268 valence electrons. The summed E-state index contributed by atoms with van der Waals surface area (Å²) < 4.78 is 63.3. The van der Waals surface area contributed by atoms with Gasteiger partial charge in [-0.3, -0.25) is 18.8 Å². The Bertz CT molecular complexity index is 1950. The van der Waals surface area contributed by atoms with Crippen molar-refractivity contribution in [1.82, 2.24) is 20.1 Å². The summed E-state index contributed by atoms with van der Waals surface area (Å²) in [5.41, 5.74) is 1.76. The summed E-state index contributed by atoms with van der Waals surface area (Å²) in [5.74, 6) is -0.910. The van der Waals surface area contributed by atoms with Gasteiger partial charge in [-0.05, 0) is 80.6 Å². The van der Waals surface area contributed by atoms with Crippen LogP contribution in [0.15, 0.2) is 71.6 Å². The first-order valence-corrected chi connectivity index (χ1v) is 20.5. The first kappa shape index (κ1) is 36.7. The van der Waals surface area contributed by atoms with Crippen molar-refractivity contribution in [1.29, 1.82) is 0 Å². The monoisotopic (exact) mass is 748 g/mol. The van der Waals surface area contributed by atoms with E-state index in [2.05, 4.69) is 15.1 Å². The van der Waals surface area contributed by atoms with Crippen molar-refractivity contribution < 1.29 is 26.9 Å². The third-order valence-electron chi connectivity index (χ3n) is 9.52. The molecular weight excluding hydrogens is 708 g/mol. The lowest BCUT2D eigenvalue weighted by Crippen LogP contribution is -2.48. The summed E-state index contributed by atoms with van der Waals surface area (Å²) >= 11 is 12.8. The zero-order valence-corrected chi connectivity index (χ0v) is 30.6. The van der Waals surface area contributed by atoms with Crippen molar-refractivity contribution in [3.05, 3.63) is 93.5 Å². The molecule has 1 N–H and O–H groups in total. The summed E-state index contributed by atoms with van der Waals surface area (Å²) in [6.45, 7) is 4.85. The van der Waals surface area contributed by atoms with Crippen LogP contribution in [-0.4, -0.2) is 95.3 Å². The van der Waals surface area contributed by atoms with Crippen LogP contribution < -0.4 is 5.32 Å². The van der Waals surface area contributed by atoms with Crippen LogP contribution in [0.25, 0.3) is 22.2 Å². The summed E-state index contributed by atoms with van der Waals surface area (Å²) in [6, 6.07) is 15.5. The quantitative estimate of drug-likeness (QED) is 0.200. The average Bonchev–Trinajstić information content (AvgIpc) is 3.07. The van der Waals surface area contributed by atoms with Crippen molar-refractivity contribution in [3.8, 4) is 11.3 Å². The predicted molar refractivity (Wildman–Crippen MR) is 195 cm³/mol. The maximum atomic E-state index is 14.6. The van der Waals surface area contributed by atoms with Crippen molar-refractivity contribution >= 4 is 49.1 Å². The number of likely N-dealkylation sites (tertiary alicyclic amines) is 1. The number of nitrogens with zero attached hydrogens (tertiary/aromatic N) is 3. The molecule has 7 nitrogen and oxygen atoms in total. The molecule has 1 atom stereocenters. The van der Waals surface area contributed by atoms with E-state index < -0.39 is 27.2 Å². The van der Waals surface area contributed by atoms with Crippen LogP contribution >= 0.6 is 23.2 Å². The van der Waals surface area contributed by atoms with E-state index in [1.165, 1.54) is 24.3 Å². The first-order valence-electron chi connectivity index (χ1n) is 16.5. The second kappa shape index (κ2) is 14.2. The van der Waals surface area contributed by atoms with Gasteiger partial charge in [-0.15, -0.1) is 0 Å². The molecule has 2 fully saturated rings. The summed E-state index contributed by atoms with van der Waals surface area (Å²) in [4.78, 5) is 24.7. The molecule has 0 bridgehead atoms. The number of nitrogens with one attached hydrogen (secondary N) is 1. The lowest BCUT2D eigenvalue weighted by Gasteiger charge is -2.40. The fourth-order valence-corrected chi connectivity index (χ4v) is 8.17. The zero-order valence-electron chi connectivity index (χ0n) is 28.2. The highest BCUT2D eigenvalue weighted by atomic mass is 35.5. The molecule has 4 aromatic rings. The fraction of sp³-hybridized carbons (Fsp3) is 0.405. The highest BCUT2D eigenvalue weighted by Gasteiger charge is 2.42. The molecule has 50 heavy (non-hydrogen) atoms. The number of alkyl halides is 3. The Morgan fingerprint density at radius 3 is 2.26 bits per heavy atom. The Morgan fingerprint density at radius 1 is 0.960 bits per heavy atom. The van der Waals surface area contributed by atoms with Crippen LogP contribution in [-0.2, 0) is 20.3 Å². The lowest BCUT2D eigenvalue weighted by molar-refractivity contribution is -0.155. The molecule has 1 amide bonds. The molecule has 2 aliphatic rings. The maximum absolute atomic E-state index is 14.6. The third-order valence-corrected chi connectivity index (χ3v) is 12.1. The Labute approximate surface area is 300 Å². The van der Waals surface area contributed by atoms with E-state index in [1.54, 1.807) is 61.2 Å². The van der Waals surface area contributed by atoms with Gasteiger partial charge < -0.3 is 10.1 Å². The van der Waals surface area contributed by atoms with Gasteiger partial charge in [0.15, 0.2) is 6.04 Å². The van der Waals surface area contributed by atoms with E-state index in [-0.39, 0.29) is 22.7 Å². The molecule has 2 aliphatic heterocycles. The Kier molecular flexibility index (Phi) is 10.4. The summed E-state index contributed by atoms with van der Waals surface area (Å²) in [7, 11) is -3.35. The minimum atomic E-state index is -4.78. The minimum absolute atomic E-state index is 0.0509. The van der Waals surface area contributed by atoms with Gasteiger partial charge >= 0.3 is 6.18 Å². The number of hydrogen-bond donors (Lipinski definition) is 1. The normalized spacial score (nSPS) is 18.4. The number of pyridine rings is 1. The van der Waals surface area contributed by atoms with E-state index in [4.69, 9.17) is 32.9 Å². The van der Waals surface area contributed by atoms with Crippen LogP contribution in [0.3, 0.4) is 0 Å². The van der Waals surface area contributed by atoms with Crippen molar-refractivity contribution in [3.63, 3.8) is 0 Å². The Balaban J connectivity index is 1.52. The molecule has 0 saturated carbocycles. The molecule has 13 heteroatoms. The van der Waals surface area contributed by atoms with E-state index in [0.717, 1.165) is 25.9 Å². The van der Waals surface area contributed by atoms with E-state index >= 15 is 0 Å². The smallest absolute Gasteiger partial charge is 0.379 e. The second-order valence-corrected chi connectivity index (χ2v) is 20.2. The van der Waals surface area contributed by atoms with Gasteiger partial charge in [-0.2, -0.15) is 13.2 Å². The molecule has 1 aromatic heterocycles. The van der Waals surface area contributed by atoms with E-state index in [9.17, 15) is 22.2 Å². The van der Waals surface area contributed by atoms with Crippen LogP contribution in [0.5, 0.6) is 0 Å². The standard InChI is InChI=1S/C37H41Cl2F3N4O3S/c1-50(2,3,48)27-10-12-32-28(22-27)33(36(47)44-35(37(40,41)42)24-7-5-4-6-8-24)29(34(43-32)25-9-11-30(38)31(39)21-25)23-45-15-13-26(14-16-45)46-17-19-49-20-18-46/h4-12,21-22,26,35H,13-20,23H2,1-3H3,(H,44,47)/t35-/m1/s1. The molecule has 3 aromatic carbocycles. The van der Waals surface area contributed by atoms with Crippen LogP contribution in [0, 0.1) is 0 Å². The SMILES string of the molecule is CS(C)(C)(=O)c1ccc2nc(-c3ccc(Cl)c(Cl)c3)c(CN3CCC(N4CCOCC4)CC3)c(C(=O)N[C@H](c3ccccc3)C(F)(F)F)c2c1. The lowest BCUT2D eigenvalue weighted by atomic mass is 9.94. The number of piperidine rings is 1. The number of benzene rings is 3. The van der Waals surface area contributed by atoms with Crippen molar-refractivity contribution in [2.75, 3.05) is 58.2 Å². The molecule has 6 rings (SSSR count). The number of carbonyl (C=O) groups excluding carboxylic acids is 1. The topological polar surface area (TPSA) is 74.8 Å². The van der Waals surface area contributed by atoms with E-state index in [1.807, 2.05) is 0 Å². The van der Waals surface area contributed by atoms with Gasteiger partial charge in [-0.1, -0.05) is 68.7 Å². The number of amides is 1. The van der Waals surface area contributed by atoms with Crippen molar-refractivity contribution in [2.45, 2.75) is 42.5 Å². The van der Waals surface area contributed by atoms with Crippen LogP contribution in [0.1, 0.15) is 40.4 Å². The molecule has 3 heterocycles. The number of ether oxygens (including phenoxy) is 1. The molecule has 2 saturated heterocycles. The van der Waals surface area contributed by atoms with Crippen LogP contribution in [0.4, 0.5) is 13.2 Å². The van der Waals surface area contributed by atoms with Gasteiger partial charge in [0, 0.05) is 47.1 Å². The number of fused-ring (bicyclic) bond motifs is 1. The summed E-state index contributed by atoms with van der Waals surface area (Å²) in [6.07, 6.45) is 1.89. The largest absolute Gasteiger partial charge is 0.412 e. The molecular formula is C37H41Cl2F3N4O3S. The fourth-order valence-electron chi connectivity index (χ4n) is 6.82. The maximum Gasteiger partial charge on any atom is 0.412 e. The number of aromatic nitrogens is 1. The Morgan fingerprint density at radius 2 is 1.64 bits per heavy atom. The number of rotatable bonds is 8. The zero-order chi connectivity index (χ0) is 35.9. The molecule has 0 aliphatic carbocycles. The molecule has 0 radical (unpaired) electrons.